The molecule has 0 spiro atoms. The van der Waals surface area contributed by atoms with Crippen LogP contribution in [0, 0.1) is 13.8 Å². The number of carbonyl (C=O) groups excluding carboxylic acids is 1. The molecule has 2 aromatic rings. The quantitative estimate of drug-likeness (QED) is 0.907. The first-order chi connectivity index (χ1) is 10.1. The Morgan fingerprint density at radius 2 is 2.05 bits per heavy atom. The van der Waals surface area contributed by atoms with Crippen molar-refractivity contribution in [2.24, 2.45) is 5.73 Å². The number of halogens is 1. The number of nitrogens with one attached hydrogen (secondary N) is 1. The summed E-state index contributed by atoms with van der Waals surface area (Å²) >= 11 is 0. The molecule has 0 saturated heterocycles. The average molecular weight is 322 g/mol. The fourth-order valence-electron chi connectivity index (χ4n) is 2.20. The molecule has 5 nitrogen and oxygen atoms in total. The first kappa shape index (κ1) is 17.9. The maximum Gasteiger partial charge on any atom is 0.255 e. The van der Waals surface area contributed by atoms with Gasteiger partial charge < -0.3 is 15.8 Å². The molecule has 0 radical (unpaired) electrons. The highest BCUT2D eigenvalue weighted by molar-refractivity contribution is 6.04. The van der Waals surface area contributed by atoms with Crippen molar-refractivity contribution in [3.05, 3.63) is 52.8 Å². The maximum atomic E-state index is 12.3. The van der Waals surface area contributed by atoms with Crippen molar-refractivity contribution in [1.82, 2.24) is 4.98 Å². The number of aromatic nitrogens is 1. The molecule has 3 N–H and O–H groups in total. The second-order valence-corrected chi connectivity index (χ2v) is 4.78. The lowest BCUT2D eigenvalue weighted by molar-refractivity contribution is 0.102. The molecule has 0 saturated carbocycles. The molecule has 0 aliphatic rings. The van der Waals surface area contributed by atoms with Gasteiger partial charge in [-0.05, 0) is 37.6 Å². The molecular weight excluding hydrogens is 302 g/mol. The molecule has 0 aliphatic carbocycles. The standard InChI is InChI=1S/C16H19N3O2.ClH/c1-10-4-5-14(11(2)15(10)21-3)19-16(20)12-6-7-18-13(8-12)9-17;/h4-8H,9,17H2,1-3H3,(H,19,20);1H. The zero-order valence-electron chi connectivity index (χ0n) is 12.8. The van der Waals surface area contributed by atoms with Crippen LogP contribution in [-0.2, 0) is 6.54 Å². The minimum atomic E-state index is -0.193. The molecule has 22 heavy (non-hydrogen) atoms. The number of ether oxygens (including phenoxy) is 1. The van der Waals surface area contributed by atoms with Crippen LogP contribution in [0.2, 0.25) is 0 Å². The number of nitrogens with two attached hydrogens (primary N) is 1. The summed E-state index contributed by atoms with van der Waals surface area (Å²) in [5, 5.41) is 2.89. The van der Waals surface area contributed by atoms with E-state index in [9.17, 15) is 4.79 Å². The van der Waals surface area contributed by atoms with Crippen LogP contribution in [-0.4, -0.2) is 18.0 Å². The van der Waals surface area contributed by atoms with Gasteiger partial charge in [-0.15, -0.1) is 12.4 Å². The van der Waals surface area contributed by atoms with Gasteiger partial charge in [0, 0.05) is 29.6 Å². The topological polar surface area (TPSA) is 77.2 Å². The largest absolute Gasteiger partial charge is 0.496 e. The summed E-state index contributed by atoms with van der Waals surface area (Å²) in [6.45, 7) is 4.19. The van der Waals surface area contributed by atoms with Gasteiger partial charge in [-0.3, -0.25) is 9.78 Å². The molecule has 1 amide bonds. The van der Waals surface area contributed by atoms with E-state index in [1.54, 1.807) is 25.4 Å². The molecular formula is C16H20ClN3O2. The van der Waals surface area contributed by atoms with E-state index >= 15 is 0 Å². The number of carbonyl (C=O) groups is 1. The van der Waals surface area contributed by atoms with Crippen LogP contribution >= 0.6 is 12.4 Å². The van der Waals surface area contributed by atoms with Crippen molar-refractivity contribution < 1.29 is 9.53 Å². The summed E-state index contributed by atoms with van der Waals surface area (Å²) in [5.41, 5.74) is 9.41. The first-order valence-electron chi connectivity index (χ1n) is 6.67. The van der Waals surface area contributed by atoms with E-state index in [0.29, 0.717) is 17.8 Å². The lowest BCUT2D eigenvalue weighted by Gasteiger charge is -2.14. The van der Waals surface area contributed by atoms with Crippen LogP contribution in [0.15, 0.2) is 30.5 Å². The molecule has 2 rings (SSSR count). The summed E-state index contributed by atoms with van der Waals surface area (Å²) in [6, 6.07) is 7.14. The van der Waals surface area contributed by atoms with Crippen LogP contribution in [0.4, 0.5) is 5.69 Å². The Morgan fingerprint density at radius 3 is 2.68 bits per heavy atom. The summed E-state index contributed by atoms with van der Waals surface area (Å²) < 4.78 is 5.36. The number of methoxy groups -OCH3 is 1. The normalized spacial score (nSPS) is 9.82. The molecule has 1 aromatic heterocycles. The first-order valence-corrected chi connectivity index (χ1v) is 6.67. The van der Waals surface area contributed by atoms with Gasteiger partial charge in [0.2, 0.25) is 0 Å². The highest BCUT2D eigenvalue weighted by Gasteiger charge is 2.12. The Morgan fingerprint density at radius 1 is 1.32 bits per heavy atom. The zero-order valence-corrected chi connectivity index (χ0v) is 13.7. The Labute approximate surface area is 136 Å². The van der Waals surface area contributed by atoms with Crippen LogP contribution in [0.25, 0.3) is 0 Å². The predicted octanol–water partition coefficient (Wildman–Crippen LogP) is 2.84. The molecule has 0 bridgehead atoms. The highest BCUT2D eigenvalue weighted by atomic mass is 35.5. The van der Waals surface area contributed by atoms with E-state index in [1.807, 2.05) is 26.0 Å². The number of nitrogens with zero attached hydrogens (tertiary/aromatic N) is 1. The monoisotopic (exact) mass is 321 g/mol. The summed E-state index contributed by atoms with van der Waals surface area (Å²) in [5.74, 6) is 0.589. The molecule has 0 aliphatic heterocycles. The molecule has 0 atom stereocenters. The SMILES string of the molecule is COc1c(C)ccc(NC(=O)c2ccnc(CN)c2)c1C.Cl. The van der Waals surface area contributed by atoms with E-state index in [0.717, 1.165) is 22.6 Å². The molecule has 6 heteroatoms. The number of amides is 1. The molecule has 1 aromatic carbocycles. The van der Waals surface area contributed by atoms with Crippen molar-refractivity contribution in [2.45, 2.75) is 20.4 Å². The second-order valence-electron chi connectivity index (χ2n) is 4.78. The summed E-state index contributed by atoms with van der Waals surface area (Å²) in [6.07, 6.45) is 1.58. The van der Waals surface area contributed by atoms with Gasteiger partial charge in [-0.2, -0.15) is 0 Å². The molecule has 0 unspecified atom stereocenters. The van der Waals surface area contributed by atoms with Gasteiger partial charge in [-0.1, -0.05) is 6.07 Å². The number of pyridine rings is 1. The van der Waals surface area contributed by atoms with Gasteiger partial charge in [-0.25, -0.2) is 0 Å². The minimum Gasteiger partial charge on any atom is -0.496 e. The number of hydrogen-bond acceptors (Lipinski definition) is 4. The lowest BCUT2D eigenvalue weighted by Crippen LogP contribution is -2.14. The van der Waals surface area contributed by atoms with Crippen molar-refractivity contribution in [2.75, 3.05) is 12.4 Å². The maximum absolute atomic E-state index is 12.3. The zero-order chi connectivity index (χ0) is 15.4. The molecule has 118 valence electrons. The number of rotatable bonds is 4. The van der Waals surface area contributed by atoms with Crippen molar-refractivity contribution >= 4 is 24.0 Å². The molecule has 0 fully saturated rings. The van der Waals surface area contributed by atoms with Crippen molar-refractivity contribution in [3.63, 3.8) is 0 Å². The van der Waals surface area contributed by atoms with Crippen LogP contribution in [0.3, 0.4) is 0 Å². The Balaban J connectivity index is 0.00000242. The Bertz CT molecular complexity index is 674. The third-order valence-corrected chi connectivity index (χ3v) is 3.34. The third kappa shape index (κ3) is 3.75. The van der Waals surface area contributed by atoms with Crippen molar-refractivity contribution in [3.8, 4) is 5.75 Å². The van der Waals surface area contributed by atoms with E-state index in [1.165, 1.54) is 0 Å². The van der Waals surface area contributed by atoms with Gasteiger partial charge in [0.05, 0.1) is 12.8 Å². The third-order valence-electron chi connectivity index (χ3n) is 3.34. The van der Waals surface area contributed by atoms with Gasteiger partial charge in [0.1, 0.15) is 5.75 Å². The van der Waals surface area contributed by atoms with E-state index in [2.05, 4.69) is 10.3 Å². The van der Waals surface area contributed by atoms with Crippen LogP contribution in [0.5, 0.6) is 5.75 Å². The van der Waals surface area contributed by atoms with Gasteiger partial charge >= 0.3 is 0 Å². The fourth-order valence-corrected chi connectivity index (χ4v) is 2.20. The number of hydrogen-bond donors (Lipinski definition) is 2. The number of aryl methyl sites for hydroxylation is 1. The second kappa shape index (κ2) is 7.77. The van der Waals surface area contributed by atoms with E-state index in [-0.39, 0.29) is 18.3 Å². The highest BCUT2D eigenvalue weighted by Crippen LogP contribution is 2.29. The number of benzene rings is 1. The Kier molecular flexibility index (Phi) is 6.34. The summed E-state index contributed by atoms with van der Waals surface area (Å²) in [4.78, 5) is 16.4. The van der Waals surface area contributed by atoms with Crippen LogP contribution in [0.1, 0.15) is 27.2 Å². The van der Waals surface area contributed by atoms with Gasteiger partial charge in [0.25, 0.3) is 5.91 Å². The van der Waals surface area contributed by atoms with E-state index in [4.69, 9.17) is 10.5 Å². The smallest absolute Gasteiger partial charge is 0.255 e. The fraction of sp³-hybridized carbons (Fsp3) is 0.250. The average Bonchev–Trinajstić information content (AvgIpc) is 2.50. The van der Waals surface area contributed by atoms with E-state index < -0.39 is 0 Å². The predicted molar refractivity (Wildman–Crippen MR) is 89.8 cm³/mol. The van der Waals surface area contributed by atoms with Crippen molar-refractivity contribution in [1.29, 1.82) is 0 Å². The Hall–Kier alpha value is -2.11. The molecule has 1 heterocycles. The number of anilines is 1. The lowest BCUT2D eigenvalue weighted by atomic mass is 10.1. The minimum absolute atomic E-state index is 0. The van der Waals surface area contributed by atoms with Gasteiger partial charge in [0.15, 0.2) is 0 Å². The van der Waals surface area contributed by atoms with Crippen LogP contribution < -0.4 is 15.8 Å². The summed E-state index contributed by atoms with van der Waals surface area (Å²) in [7, 11) is 1.62.